The number of carboxylic acid groups (broad SMARTS) is 1. The maximum atomic E-state index is 13.1. The van der Waals surface area contributed by atoms with Crippen molar-refractivity contribution >= 4 is 22.6 Å². The molecule has 0 unspecified atom stereocenters. The van der Waals surface area contributed by atoms with Gasteiger partial charge in [-0.3, -0.25) is 9.59 Å². The summed E-state index contributed by atoms with van der Waals surface area (Å²) in [5, 5.41) is 3.58. The molecule has 23 heavy (non-hydrogen) atoms. The average Bonchev–Trinajstić information content (AvgIpc) is 2.46. The standard InChI is InChI=1S/C12H16F4O6S/c13-11(14,12(15,16)23(20)21)5-6-22-10(19)8-3-1-7(2-4-8)9(17)18/h7-8,23H,1-6H2,(H,17,18). The first-order valence-corrected chi connectivity index (χ1v) is 7.96. The van der Waals surface area contributed by atoms with Crippen LogP contribution >= 0.6 is 0 Å². The largest absolute Gasteiger partial charge is 0.481 e. The van der Waals surface area contributed by atoms with E-state index in [1.165, 1.54) is 0 Å². The molecule has 0 saturated heterocycles. The van der Waals surface area contributed by atoms with Crippen molar-refractivity contribution in [2.24, 2.45) is 11.8 Å². The number of carboxylic acids is 1. The number of aliphatic carboxylic acids is 1. The van der Waals surface area contributed by atoms with E-state index in [2.05, 4.69) is 4.74 Å². The average molecular weight is 364 g/mol. The van der Waals surface area contributed by atoms with Crippen LogP contribution in [0.15, 0.2) is 0 Å². The molecule has 0 heterocycles. The number of ether oxygens (including phenoxy) is 1. The summed E-state index contributed by atoms with van der Waals surface area (Å²) in [6, 6.07) is 0. The molecule has 0 aromatic heterocycles. The number of carbonyl (C=O) groups is 2. The molecule has 0 atom stereocenters. The van der Waals surface area contributed by atoms with Crippen molar-refractivity contribution in [2.45, 2.75) is 43.3 Å². The van der Waals surface area contributed by atoms with Crippen LogP contribution in [0.3, 0.4) is 0 Å². The van der Waals surface area contributed by atoms with Crippen LogP contribution in [0.2, 0.25) is 0 Å². The summed E-state index contributed by atoms with van der Waals surface area (Å²) in [5.74, 6) is -7.94. The minimum Gasteiger partial charge on any atom is -0.481 e. The fraction of sp³-hybridized carbons (Fsp3) is 0.833. The number of hydrogen-bond donors (Lipinski definition) is 2. The predicted molar refractivity (Wildman–Crippen MR) is 68.9 cm³/mol. The van der Waals surface area contributed by atoms with E-state index in [9.17, 15) is 35.6 Å². The van der Waals surface area contributed by atoms with Gasteiger partial charge in [-0.15, -0.1) is 0 Å². The molecule has 0 aliphatic heterocycles. The molecule has 0 aromatic carbocycles. The zero-order chi connectivity index (χ0) is 17.8. The molecule has 0 radical (unpaired) electrons. The second-order valence-corrected chi connectivity index (χ2v) is 6.38. The number of halogens is 4. The summed E-state index contributed by atoms with van der Waals surface area (Å²) in [5.41, 5.74) is 0. The summed E-state index contributed by atoms with van der Waals surface area (Å²) in [7, 11) is -4.67. The molecular weight excluding hydrogens is 348 g/mol. The third-order valence-corrected chi connectivity index (χ3v) is 4.53. The van der Waals surface area contributed by atoms with E-state index < -0.39 is 58.7 Å². The van der Waals surface area contributed by atoms with Crippen molar-refractivity contribution in [1.82, 2.24) is 0 Å². The minimum absolute atomic E-state index is 0.203. The number of carbonyl (C=O) groups excluding carboxylic acids is 1. The van der Waals surface area contributed by atoms with Crippen LogP contribution in [0.25, 0.3) is 0 Å². The molecule has 1 rings (SSSR count). The molecule has 1 saturated carbocycles. The molecule has 11 heteroatoms. The molecule has 6 nitrogen and oxygen atoms in total. The Morgan fingerprint density at radius 1 is 1.04 bits per heavy atom. The molecule has 0 amide bonds. The van der Waals surface area contributed by atoms with Crippen molar-refractivity contribution in [3.05, 3.63) is 0 Å². The second-order valence-electron chi connectivity index (χ2n) is 5.31. The molecule has 134 valence electrons. The van der Waals surface area contributed by atoms with Gasteiger partial charge in [0.1, 0.15) is 0 Å². The number of rotatable bonds is 7. The maximum Gasteiger partial charge on any atom is 0.404 e. The Balaban J connectivity index is 2.44. The fourth-order valence-electron chi connectivity index (χ4n) is 2.26. The number of esters is 1. The first-order chi connectivity index (χ1) is 10.5. The smallest absolute Gasteiger partial charge is 0.404 e. The SMILES string of the molecule is O=C(O)C1CCC(C(=O)OCCC(F)(F)C(F)(F)[SH](=O)=O)CC1. The first kappa shape index (κ1) is 19.7. The molecule has 0 bridgehead atoms. The Labute approximate surface area is 130 Å². The lowest BCUT2D eigenvalue weighted by molar-refractivity contribution is -0.173. The molecule has 1 fully saturated rings. The van der Waals surface area contributed by atoms with Gasteiger partial charge in [0.15, 0.2) is 0 Å². The lowest BCUT2D eigenvalue weighted by Gasteiger charge is -2.25. The third-order valence-electron chi connectivity index (χ3n) is 3.74. The second kappa shape index (κ2) is 7.45. The molecule has 1 aliphatic carbocycles. The van der Waals surface area contributed by atoms with Gasteiger partial charge in [-0.25, -0.2) is 8.42 Å². The predicted octanol–water partition coefficient (Wildman–Crippen LogP) is 1.65. The van der Waals surface area contributed by atoms with E-state index >= 15 is 0 Å². The molecular formula is C12H16F4O6S. The van der Waals surface area contributed by atoms with Crippen LogP contribution in [-0.4, -0.2) is 43.2 Å². The van der Waals surface area contributed by atoms with E-state index in [1.807, 2.05) is 0 Å². The van der Waals surface area contributed by atoms with Crippen molar-refractivity contribution < 1.29 is 45.4 Å². The summed E-state index contributed by atoms with van der Waals surface area (Å²) in [6.07, 6.45) is -0.747. The van der Waals surface area contributed by atoms with Crippen LogP contribution in [-0.2, 0) is 25.0 Å². The van der Waals surface area contributed by atoms with E-state index in [4.69, 9.17) is 5.11 Å². The third kappa shape index (κ3) is 4.79. The highest BCUT2D eigenvalue weighted by Crippen LogP contribution is 2.37. The minimum atomic E-state index is -5.21. The molecule has 0 aromatic rings. The zero-order valence-corrected chi connectivity index (χ0v) is 12.7. The van der Waals surface area contributed by atoms with Crippen LogP contribution in [0, 0.1) is 11.8 Å². The number of hydrogen-bond acceptors (Lipinski definition) is 5. The van der Waals surface area contributed by atoms with Gasteiger partial charge in [-0.05, 0) is 25.7 Å². The molecule has 1 aliphatic rings. The van der Waals surface area contributed by atoms with E-state index in [-0.39, 0.29) is 25.7 Å². The quantitative estimate of drug-likeness (QED) is 0.405. The Bertz CT molecular complexity index is 518. The Kier molecular flexibility index (Phi) is 6.37. The highest BCUT2D eigenvalue weighted by atomic mass is 32.2. The van der Waals surface area contributed by atoms with Gasteiger partial charge >= 0.3 is 23.1 Å². The van der Waals surface area contributed by atoms with Crippen molar-refractivity contribution in [2.75, 3.05) is 6.61 Å². The van der Waals surface area contributed by atoms with Crippen LogP contribution in [0.1, 0.15) is 32.1 Å². The lowest BCUT2D eigenvalue weighted by atomic mass is 9.82. The van der Waals surface area contributed by atoms with E-state index in [1.54, 1.807) is 0 Å². The highest BCUT2D eigenvalue weighted by Gasteiger charge is 2.59. The van der Waals surface area contributed by atoms with Crippen molar-refractivity contribution in [3.63, 3.8) is 0 Å². The van der Waals surface area contributed by atoms with Gasteiger partial charge in [0, 0.05) is 0 Å². The zero-order valence-electron chi connectivity index (χ0n) is 11.8. The first-order valence-electron chi connectivity index (χ1n) is 6.78. The van der Waals surface area contributed by atoms with Gasteiger partial charge in [0.2, 0.25) is 10.7 Å². The van der Waals surface area contributed by atoms with E-state index in [0.29, 0.717) is 0 Å². The Hall–Kier alpha value is -1.39. The van der Waals surface area contributed by atoms with Crippen LogP contribution < -0.4 is 0 Å². The van der Waals surface area contributed by atoms with Gasteiger partial charge in [-0.1, -0.05) is 0 Å². The van der Waals surface area contributed by atoms with Gasteiger partial charge in [-0.2, -0.15) is 17.6 Å². The number of alkyl halides is 4. The summed E-state index contributed by atoms with van der Waals surface area (Å²) in [6.45, 7) is -1.05. The monoisotopic (exact) mass is 364 g/mol. The lowest BCUT2D eigenvalue weighted by Crippen LogP contribution is -2.42. The van der Waals surface area contributed by atoms with Crippen LogP contribution in [0.5, 0.6) is 0 Å². The Morgan fingerprint density at radius 3 is 1.96 bits per heavy atom. The molecule has 1 N–H and O–H groups in total. The van der Waals surface area contributed by atoms with Gasteiger partial charge < -0.3 is 9.84 Å². The van der Waals surface area contributed by atoms with Crippen LogP contribution in [0.4, 0.5) is 17.6 Å². The fourth-order valence-corrected chi connectivity index (χ4v) is 2.64. The van der Waals surface area contributed by atoms with Crippen molar-refractivity contribution in [1.29, 1.82) is 0 Å². The maximum absolute atomic E-state index is 13.1. The normalized spacial score (nSPS) is 22.8. The highest BCUT2D eigenvalue weighted by molar-refractivity contribution is 7.73. The Morgan fingerprint density at radius 2 is 1.52 bits per heavy atom. The van der Waals surface area contributed by atoms with Gasteiger partial charge in [0.25, 0.3) is 0 Å². The topological polar surface area (TPSA) is 97.7 Å². The van der Waals surface area contributed by atoms with E-state index in [0.717, 1.165) is 0 Å². The summed E-state index contributed by atoms with van der Waals surface area (Å²) < 4.78 is 76.5. The number of thiol groups is 1. The van der Waals surface area contributed by atoms with Crippen molar-refractivity contribution in [3.8, 4) is 0 Å². The molecule has 0 spiro atoms. The van der Waals surface area contributed by atoms with Gasteiger partial charge in [0.05, 0.1) is 24.9 Å². The summed E-state index contributed by atoms with van der Waals surface area (Å²) >= 11 is 0. The summed E-state index contributed by atoms with van der Waals surface area (Å²) in [4.78, 5) is 22.4.